The van der Waals surface area contributed by atoms with Gasteiger partial charge >= 0.3 is 0 Å². The number of phenolic OH excluding ortho intramolecular Hbond substituents is 1. The third-order valence-electron chi connectivity index (χ3n) is 4.68. The fourth-order valence-corrected chi connectivity index (χ4v) is 3.63. The van der Waals surface area contributed by atoms with Crippen molar-refractivity contribution in [3.05, 3.63) is 47.0 Å². The molecule has 0 aliphatic carbocycles. The van der Waals surface area contributed by atoms with Gasteiger partial charge in [-0.15, -0.1) is 9.24 Å². The molecule has 2 aromatic carbocycles. The molecule has 1 atom stereocenters. The highest BCUT2D eigenvalue weighted by atomic mass is 31.0. The van der Waals surface area contributed by atoms with Gasteiger partial charge in [0.05, 0.1) is 0 Å². The van der Waals surface area contributed by atoms with Crippen molar-refractivity contribution in [3.8, 4) is 17.2 Å². The van der Waals surface area contributed by atoms with Crippen LogP contribution in [0.5, 0.6) is 17.2 Å². The summed E-state index contributed by atoms with van der Waals surface area (Å²) in [6, 6.07) is 9.72. The quantitative estimate of drug-likeness (QED) is 0.800. The van der Waals surface area contributed by atoms with Crippen molar-refractivity contribution < 1.29 is 14.6 Å². The smallest absolute Gasteiger partial charge is 0.133 e. The summed E-state index contributed by atoms with van der Waals surface area (Å²) in [7, 11) is 2.59. The molecular formula is C20H21O3P. The molecule has 1 N–H and O–H groups in total. The zero-order valence-corrected chi connectivity index (χ0v) is 15.1. The molecule has 0 radical (unpaired) electrons. The number of ether oxygens (including phenoxy) is 2. The van der Waals surface area contributed by atoms with Gasteiger partial charge in [-0.3, -0.25) is 0 Å². The summed E-state index contributed by atoms with van der Waals surface area (Å²) in [4.78, 5) is 0. The van der Waals surface area contributed by atoms with E-state index in [2.05, 4.69) is 29.2 Å². The second kappa shape index (κ2) is 5.53. The van der Waals surface area contributed by atoms with Crippen LogP contribution in [0.1, 0.15) is 37.0 Å². The first-order valence-corrected chi connectivity index (χ1v) is 8.78. The maximum atomic E-state index is 10.2. The van der Waals surface area contributed by atoms with Gasteiger partial charge in [0.2, 0.25) is 0 Å². The largest absolute Gasteiger partial charge is 0.507 e. The van der Waals surface area contributed by atoms with E-state index < -0.39 is 0 Å². The molecule has 0 amide bonds. The minimum Gasteiger partial charge on any atom is -0.507 e. The van der Waals surface area contributed by atoms with Crippen molar-refractivity contribution in [1.29, 1.82) is 0 Å². The number of rotatable bonds is 1. The van der Waals surface area contributed by atoms with Crippen molar-refractivity contribution in [2.24, 2.45) is 0 Å². The predicted octanol–water partition coefficient (Wildman–Crippen LogP) is 3.93. The molecule has 0 saturated heterocycles. The highest BCUT2D eigenvalue weighted by Gasteiger charge is 2.30. The Hall–Kier alpha value is -1.99. The van der Waals surface area contributed by atoms with Crippen molar-refractivity contribution in [2.75, 3.05) is 6.61 Å². The summed E-state index contributed by atoms with van der Waals surface area (Å²) >= 11 is 0. The minimum absolute atomic E-state index is 0.122. The highest BCUT2D eigenvalue weighted by Crippen LogP contribution is 2.43. The standard InChI is InChI=1S/C20H21O3P/c1-20(2)8-7-16-18(23-20)6-3-12-9-13(11-22-19(12)16)15-5-4-14(24)10-17(15)21/h3-6,9-10,21H,7-8,11,24H2,1-2H3. The summed E-state index contributed by atoms with van der Waals surface area (Å²) in [6.07, 6.45) is 4.05. The van der Waals surface area contributed by atoms with E-state index in [1.807, 2.05) is 24.3 Å². The van der Waals surface area contributed by atoms with Gasteiger partial charge in [-0.1, -0.05) is 12.1 Å². The van der Waals surface area contributed by atoms with Gasteiger partial charge in [0, 0.05) is 22.3 Å². The Kier molecular flexibility index (Phi) is 3.58. The monoisotopic (exact) mass is 340 g/mol. The van der Waals surface area contributed by atoms with Crippen LogP contribution in [0.15, 0.2) is 30.3 Å². The molecule has 124 valence electrons. The molecule has 0 bridgehead atoms. The fourth-order valence-electron chi connectivity index (χ4n) is 3.37. The third-order valence-corrected chi connectivity index (χ3v) is 5.04. The Labute approximate surface area is 144 Å². The molecule has 0 fully saturated rings. The van der Waals surface area contributed by atoms with Gasteiger partial charge in [0.1, 0.15) is 29.5 Å². The summed E-state index contributed by atoms with van der Waals surface area (Å²) in [5.74, 6) is 2.13. The first-order chi connectivity index (χ1) is 11.4. The van der Waals surface area contributed by atoms with Crippen LogP contribution in [0.25, 0.3) is 11.6 Å². The van der Waals surface area contributed by atoms with E-state index in [0.717, 1.165) is 51.9 Å². The van der Waals surface area contributed by atoms with Crippen LogP contribution in [0.2, 0.25) is 0 Å². The van der Waals surface area contributed by atoms with Crippen molar-refractivity contribution in [2.45, 2.75) is 32.3 Å². The summed E-state index contributed by atoms with van der Waals surface area (Å²) in [5, 5.41) is 11.2. The Morgan fingerprint density at radius 1 is 1.17 bits per heavy atom. The topological polar surface area (TPSA) is 38.7 Å². The van der Waals surface area contributed by atoms with Crippen molar-refractivity contribution in [3.63, 3.8) is 0 Å². The van der Waals surface area contributed by atoms with Crippen LogP contribution >= 0.6 is 9.24 Å². The summed E-state index contributed by atoms with van der Waals surface area (Å²) < 4.78 is 12.2. The van der Waals surface area contributed by atoms with E-state index in [1.165, 1.54) is 0 Å². The Balaban J connectivity index is 1.75. The molecule has 24 heavy (non-hydrogen) atoms. The van der Waals surface area contributed by atoms with E-state index in [1.54, 1.807) is 6.07 Å². The van der Waals surface area contributed by atoms with Gasteiger partial charge in [0.25, 0.3) is 0 Å². The molecule has 0 saturated carbocycles. The van der Waals surface area contributed by atoms with Crippen LogP contribution in [-0.4, -0.2) is 17.3 Å². The lowest BCUT2D eigenvalue weighted by atomic mass is 9.91. The summed E-state index contributed by atoms with van der Waals surface area (Å²) in [6.45, 7) is 4.69. The number of phenols is 1. The average molecular weight is 340 g/mol. The van der Waals surface area contributed by atoms with E-state index >= 15 is 0 Å². The molecule has 2 heterocycles. The van der Waals surface area contributed by atoms with Crippen LogP contribution in [-0.2, 0) is 6.42 Å². The van der Waals surface area contributed by atoms with Gasteiger partial charge in [-0.25, -0.2) is 0 Å². The minimum atomic E-state index is -0.122. The number of benzene rings is 2. The van der Waals surface area contributed by atoms with Crippen molar-refractivity contribution >= 4 is 26.2 Å². The van der Waals surface area contributed by atoms with Gasteiger partial charge < -0.3 is 14.6 Å². The molecule has 1 unspecified atom stereocenters. The first kappa shape index (κ1) is 15.5. The Bertz CT molecular complexity index is 852. The van der Waals surface area contributed by atoms with Gasteiger partial charge in [-0.2, -0.15) is 0 Å². The zero-order valence-electron chi connectivity index (χ0n) is 13.9. The molecular weight excluding hydrogens is 319 g/mol. The normalized spacial score (nSPS) is 17.9. The first-order valence-electron chi connectivity index (χ1n) is 8.20. The SMILES string of the molecule is CC1(C)CCc2c(ccc3c2OCC(c2ccc(P)cc2O)=C3)O1. The van der Waals surface area contributed by atoms with Crippen LogP contribution in [0.4, 0.5) is 0 Å². The van der Waals surface area contributed by atoms with Crippen LogP contribution < -0.4 is 14.8 Å². The maximum absolute atomic E-state index is 10.2. The molecule has 0 spiro atoms. The van der Waals surface area contributed by atoms with E-state index in [-0.39, 0.29) is 11.4 Å². The van der Waals surface area contributed by atoms with Crippen LogP contribution in [0.3, 0.4) is 0 Å². The highest BCUT2D eigenvalue weighted by molar-refractivity contribution is 7.27. The van der Waals surface area contributed by atoms with E-state index in [0.29, 0.717) is 6.61 Å². The molecule has 3 nitrogen and oxygen atoms in total. The third kappa shape index (κ3) is 2.67. The summed E-state index contributed by atoms with van der Waals surface area (Å²) in [5.41, 5.74) is 3.89. The maximum Gasteiger partial charge on any atom is 0.133 e. The predicted molar refractivity (Wildman–Crippen MR) is 100 cm³/mol. The zero-order chi connectivity index (χ0) is 16.9. The number of aromatic hydroxyl groups is 1. The Morgan fingerprint density at radius 2 is 2.00 bits per heavy atom. The molecule has 0 aromatic heterocycles. The lowest BCUT2D eigenvalue weighted by Gasteiger charge is -2.34. The molecule has 4 rings (SSSR count). The van der Waals surface area contributed by atoms with Crippen LogP contribution in [0, 0.1) is 0 Å². The molecule has 2 aliphatic heterocycles. The second-order valence-electron chi connectivity index (χ2n) is 7.06. The lowest BCUT2D eigenvalue weighted by molar-refractivity contribution is 0.0834. The number of fused-ring (bicyclic) bond motifs is 3. The average Bonchev–Trinajstić information content (AvgIpc) is 2.53. The Morgan fingerprint density at radius 3 is 2.79 bits per heavy atom. The number of hydrogen-bond acceptors (Lipinski definition) is 3. The molecule has 2 aliphatic rings. The molecule has 2 aromatic rings. The van der Waals surface area contributed by atoms with E-state index in [4.69, 9.17) is 9.47 Å². The number of hydrogen-bond donors (Lipinski definition) is 1. The van der Waals surface area contributed by atoms with Crippen molar-refractivity contribution in [1.82, 2.24) is 0 Å². The second-order valence-corrected chi connectivity index (χ2v) is 7.72. The van der Waals surface area contributed by atoms with E-state index in [9.17, 15) is 5.11 Å². The lowest BCUT2D eigenvalue weighted by Crippen LogP contribution is -2.33. The fraction of sp³-hybridized carbons (Fsp3) is 0.300. The molecule has 4 heteroatoms. The van der Waals surface area contributed by atoms with Gasteiger partial charge in [-0.05, 0) is 56.3 Å². The van der Waals surface area contributed by atoms with Gasteiger partial charge in [0.15, 0.2) is 0 Å².